The Kier molecular flexibility index (Phi) is 3.42. The quantitative estimate of drug-likeness (QED) is 0.505. The molecule has 5 rings (SSSR count). The molecule has 1 aliphatic heterocycles. The second-order valence-corrected chi connectivity index (χ2v) is 6.99. The molecule has 0 bridgehead atoms. The van der Waals surface area contributed by atoms with Gasteiger partial charge in [0.15, 0.2) is 17.3 Å². The van der Waals surface area contributed by atoms with Crippen molar-refractivity contribution in [3.8, 4) is 11.4 Å². The lowest BCUT2D eigenvalue weighted by Crippen LogP contribution is -2.38. The molecule has 0 saturated heterocycles. The Balaban J connectivity index is 1.42. The molecule has 0 saturated carbocycles. The Labute approximate surface area is 156 Å². The first-order chi connectivity index (χ1) is 12.7. The molecule has 0 radical (unpaired) electrons. The Morgan fingerprint density at radius 3 is 2.96 bits per heavy atom. The molecule has 8 nitrogen and oxygen atoms in total. The zero-order valence-corrected chi connectivity index (χ0v) is 15.1. The van der Waals surface area contributed by atoms with Gasteiger partial charge in [-0.15, -0.1) is 10.2 Å². The molecule has 0 fully saturated rings. The second-order valence-electron chi connectivity index (χ2n) is 6.08. The molecule has 5 heterocycles. The molecule has 0 aromatic carbocycles. The number of pyridine rings is 1. The lowest BCUT2D eigenvalue weighted by molar-refractivity contribution is 0.0701. The Bertz CT molecular complexity index is 1110. The van der Waals surface area contributed by atoms with Gasteiger partial charge in [-0.3, -0.25) is 4.79 Å². The normalized spacial score (nSPS) is 14.0. The highest BCUT2D eigenvalue weighted by atomic mass is 79.9. The van der Waals surface area contributed by atoms with Gasteiger partial charge in [-0.05, 0) is 40.2 Å². The molecular weight excluding hydrogens is 400 g/mol. The van der Waals surface area contributed by atoms with Gasteiger partial charge in [-0.1, -0.05) is 0 Å². The number of amides is 1. The van der Waals surface area contributed by atoms with Crippen LogP contribution in [-0.4, -0.2) is 41.7 Å². The maximum Gasteiger partial charge on any atom is 0.274 e. The lowest BCUT2D eigenvalue weighted by Gasteiger charge is -2.27. The number of carbonyl (C=O) groups is 1. The van der Waals surface area contributed by atoms with Crippen LogP contribution in [0.1, 0.15) is 16.3 Å². The van der Waals surface area contributed by atoms with Crippen LogP contribution in [0.25, 0.3) is 16.9 Å². The number of halogens is 1. The highest BCUT2D eigenvalue weighted by Crippen LogP contribution is 2.23. The number of aromatic nitrogens is 5. The molecule has 1 amide bonds. The van der Waals surface area contributed by atoms with Crippen LogP contribution in [0.5, 0.6) is 0 Å². The van der Waals surface area contributed by atoms with E-state index in [2.05, 4.69) is 31.2 Å². The van der Waals surface area contributed by atoms with Crippen molar-refractivity contribution in [2.75, 3.05) is 6.54 Å². The van der Waals surface area contributed by atoms with Crippen LogP contribution in [0.15, 0.2) is 51.9 Å². The van der Waals surface area contributed by atoms with Gasteiger partial charge in [-0.2, -0.15) is 5.10 Å². The predicted molar refractivity (Wildman–Crippen MR) is 95.4 cm³/mol. The van der Waals surface area contributed by atoms with Crippen molar-refractivity contribution in [2.24, 2.45) is 0 Å². The Morgan fingerprint density at radius 2 is 2.12 bits per heavy atom. The largest absolute Gasteiger partial charge is 0.472 e. The predicted octanol–water partition coefficient (Wildman–Crippen LogP) is 2.60. The molecular formula is C17H13BrN6O2. The Morgan fingerprint density at radius 1 is 1.19 bits per heavy atom. The van der Waals surface area contributed by atoms with Crippen molar-refractivity contribution >= 4 is 27.4 Å². The van der Waals surface area contributed by atoms with Crippen LogP contribution in [0.2, 0.25) is 0 Å². The van der Waals surface area contributed by atoms with Crippen LogP contribution < -0.4 is 0 Å². The third-order valence-electron chi connectivity index (χ3n) is 4.46. The third-order valence-corrected chi connectivity index (χ3v) is 4.93. The van der Waals surface area contributed by atoms with E-state index < -0.39 is 0 Å². The summed E-state index contributed by atoms with van der Waals surface area (Å²) in [6, 6.07) is 7.48. The standard InChI is InChI=1S/C17H13BrN6O2/c18-12-1-2-13-7-14(21-24(13)8-12)17(25)22-4-5-23-15(9-22)19-20-16(23)11-3-6-26-10-11/h1-3,6-8,10H,4-5,9H2. The van der Waals surface area contributed by atoms with Crippen LogP contribution in [0.4, 0.5) is 0 Å². The van der Waals surface area contributed by atoms with Crippen LogP contribution >= 0.6 is 15.9 Å². The third kappa shape index (κ3) is 2.43. The summed E-state index contributed by atoms with van der Waals surface area (Å²) in [7, 11) is 0. The Hall–Kier alpha value is -2.94. The highest BCUT2D eigenvalue weighted by Gasteiger charge is 2.27. The zero-order valence-electron chi connectivity index (χ0n) is 13.5. The second kappa shape index (κ2) is 5.80. The fourth-order valence-corrected chi connectivity index (χ4v) is 3.49. The first kappa shape index (κ1) is 15.3. The minimum absolute atomic E-state index is 0.107. The molecule has 0 atom stereocenters. The molecule has 4 aromatic rings. The maximum absolute atomic E-state index is 12.9. The van der Waals surface area contributed by atoms with Gasteiger partial charge in [-0.25, -0.2) is 4.52 Å². The van der Waals surface area contributed by atoms with E-state index in [4.69, 9.17) is 4.42 Å². The monoisotopic (exact) mass is 412 g/mol. The summed E-state index contributed by atoms with van der Waals surface area (Å²) < 4.78 is 9.75. The number of carbonyl (C=O) groups excluding carboxylic acids is 1. The van der Waals surface area contributed by atoms with Crippen LogP contribution in [-0.2, 0) is 13.1 Å². The average molecular weight is 413 g/mol. The summed E-state index contributed by atoms with van der Waals surface area (Å²) in [4.78, 5) is 14.6. The van der Waals surface area contributed by atoms with Crippen LogP contribution in [0.3, 0.4) is 0 Å². The zero-order chi connectivity index (χ0) is 17.7. The number of nitrogens with zero attached hydrogens (tertiary/aromatic N) is 6. The van der Waals surface area contributed by atoms with E-state index in [-0.39, 0.29) is 5.91 Å². The minimum Gasteiger partial charge on any atom is -0.472 e. The smallest absolute Gasteiger partial charge is 0.274 e. The van der Waals surface area contributed by atoms with Gasteiger partial charge in [0, 0.05) is 23.8 Å². The number of rotatable bonds is 2. The summed E-state index contributed by atoms with van der Waals surface area (Å²) in [5.41, 5.74) is 2.18. The number of hydrogen-bond donors (Lipinski definition) is 0. The van der Waals surface area contributed by atoms with E-state index in [0.717, 1.165) is 27.2 Å². The van der Waals surface area contributed by atoms with Gasteiger partial charge < -0.3 is 13.9 Å². The summed E-state index contributed by atoms with van der Waals surface area (Å²) in [6.45, 7) is 1.61. The number of fused-ring (bicyclic) bond motifs is 2. The number of furan rings is 1. The molecule has 130 valence electrons. The topological polar surface area (TPSA) is 81.5 Å². The van der Waals surface area contributed by atoms with Crippen molar-refractivity contribution < 1.29 is 9.21 Å². The first-order valence-corrected chi connectivity index (χ1v) is 8.87. The van der Waals surface area contributed by atoms with Crippen molar-refractivity contribution in [3.05, 3.63) is 59.0 Å². The van der Waals surface area contributed by atoms with E-state index in [1.165, 1.54) is 0 Å². The summed E-state index contributed by atoms with van der Waals surface area (Å²) in [5, 5.41) is 12.9. The minimum atomic E-state index is -0.107. The van der Waals surface area contributed by atoms with Crippen molar-refractivity contribution in [1.29, 1.82) is 0 Å². The van der Waals surface area contributed by atoms with Gasteiger partial charge in [0.1, 0.15) is 6.26 Å². The molecule has 0 N–H and O–H groups in total. The highest BCUT2D eigenvalue weighted by molar-refractivity contribution is 9.10. The van der Waals surface area contributed by atoms with E-state index in [1.807, 2.05) is 29.0 Å². The SMILES string of the molecule is O=C(c1cc2ccc(Br)cn2n1)N1CCn2c(nnc2-c2ccoc2)C1. The van der Waals surface area contributed by atoms with E-state index in [0.29, 0.717) is 25.3 Å². The molecule has 9 heteroatoms. The molecule has 26 heavy (non-hydrogen) atoms. The summed E-state index contributed by atoms with van der Waals surface area (Å²) in [5.74, 6) is 1.41. The molecule has 1 aliphatic rings. The number of hydrogen-bond acceptors (Lipinski definition) is 5. The van der Waals surface area contributed by atoms with E-state index >= 15 is 0 Å². The van der Waals surface area contributed by atoms with E-state index in [1.54, 1.807) is 28.0 Å². The molecule has 0 spiro atoms. The van der Waals surface area contributed by atoms with Gasteiger partial charge in [0.2, 0.25) is 0 Å². The molecule has 0 aliphatic carbocycles. The average Bonchev–Trinajstić information content (AvgIpc) is 3.38. The van der Waals surface area contributed by atoms with Crippen molar-refractivity contribution in [2.45, 2.75) is 13.1 Å². The van der Waals surface area contributed by atoms with Crippen molar-refractivity contribution in [3.63, 3.8) is 0 Å². The van der Waals surface area contributed by atoms with Crippen molar-refractivity contribution in [1.82, 2.24) is 29.3 Å². The lowest BCUT2D eigenvalue weighted by atomic mass is 10.2. The van der Waals surface area contributed by atoms with E-state index in [9.17, 15) is 4.79 Å². The van der Waals surface area contributed by atoms with Crippen LogP contribution in [0, 0.1) is 0 Å². The fourth-order valence-electron chi connectivity index (χ4n) is 3.16. The maximum atomic E-state index is 12.9. The van der Waals surface area contributed by atoms with Gasteiger partial charge in [0.05, 0.1) is 23.9 Å². The summed E-state index contributed by atoms with van der Waals surface area (Å²) in [6.07, 6.45) is 5.08. The van der Waals surface area contributed by atoms with Gasteiger partial charge >= 0.3 is 0 Å². The summed E-state index contributed by atoms with van der Waals surface area (Å²) >= 11 is 3.41. The molecule has 0 unspecified atom stereocenters. The molecule has 4 aromatic heterocycles. The fraction of sp³-hybridized carbons (Fsp3) is 0.176. The van der Waals surface area contributed by atoms with Gasteiger partial charge in [0.25, 0.3) is 5.91 Å². The first-order valence-electron chi connectivity index (χ1n) is 8.08.